The number of non-ortho nitro benzene ring substituents is 1. The Labute approximate surface area is 142 Å². The number of thioether (sulfide) groups is 1. The summed E-state index contributed by atoms with van der Waals surface area (Å²) in [4.78, 5) is 18.6. The lowest BCUT2D eigenvalue weighted by Gasteiger charge is -2.06. The van der Waals surface area contributed by atoms with Crippen molar-refractivity contribution in [3.63, 3.8) is 0 Å². The van der Waals surface area contributed by atoms with Crippen LogP contribution in [0.3, 0.4) is 0 Å². The first kappa shape index (κ1) is 16.1. The molecule has 0 unspecified atom stereocenters. The number of hydrogen-bond donors (Lipinski definition) is 0. The minimum absolute atomic E-state index is 0.0883. The minimum atomic E-state index is -0.405. The molecule has 0 radical (unpaired) electrons. The summed E-state index contributed by atoms with van der Waals surface area (Å²) >= 11 is 1.53. The predicted molar refractivity (Wildman–Crippen MR) is 89.4 cm³/mol. The molecular formula is C15H14N6O2S. The maximum atomic E-state index is 10.7. The zero-order valence-corrected chi connectivity index (χ0v) is 13.7. The Kier molecular flexibility index (Phi) is 4.80. The molecule has 9 heteroatoms. The number of nitrogens with zero attached hydrogens (tertiary/aromatic N) is 6. The average molecular weight is 342 g/mol. The van der Waals surface area contributed by atoms with Crippen molar-refractivity contribution in [3.8, 4) is 11.5 Å². The van der Waals surface area contributed by atoms with Gasteiger partial charge in [0.15, 0.2) is 11.0 Å². The Hall–Kier alpha value is -2.81. The summed E-state index contributed by atoms with van der Waals surface area (Å²) in [5.74, 6) is 1.33. The van der Waals surface area contributed by atoms with E-state index in [0.717, 1.165) is 10.7 Å². The van der Waals surface area contributed by atoms with Crippen molar-refractivity contribution in [1.82, 2.24) is 24.7 Å². The van der Waals surface area contributed by atoms with Gasteiger partial charge in [0.2, 0.25) is 0 Å². The standard InChI is InChI=1S/C15H14N6O2S/c1-2-20-14(13-9-16-7-8-17-13)18-19-15(20)24-10-11-3-5-12(6-4-11)21(22)23/h3-9H,2,10H2,1H3. The lowest BCUT2D eigenvalue weighted by molar-refractivity contribution is -0.384. The third-order valence-corrected chi connectivity index (χ3v) is 4.38. The van der Waals surface area contributed by atoms with E-state index in [0.29, 0.717) is 23.8 Å². The van der Waals surface area contributed by atoms with Gasteiger partial charge in [-0.15, -0.1) is 10.2 Å². The normalized spacial score (nSPS) is 10.7. The van der Waals surface area contributed by atoms with Crippen molar-refractivity contribution >= 4 is 17.4 Å². The lowest BCUT2D eigenvalue weighted by Crippen LogP contribution is -2.01. The lowest BCUT2D eigenvalue weighted by atomic mass is 10.2. The number of aromatic nitrogens is 5. The van der Waals surface area contributed by atoms with E-state index in [9.17, 15) is 10.1 Å². The molecule has 0 spiro atoms. The monoisotopic (exact) mass is 342 g/mol. The Bertz CT molecular complexity index is 835. The summed E-state index contributed by atoms with van der Waals surface area (Å²) in [6, 6.07) is 6.51. The molecule has 1 aromatic carbocycles. The minimum Gasteiger partial charge on any atom is -0.301 e. The van der Waals surface area contributed by atoms with Gasteiger partial charge in [0.25, 0.3) is 5.69 Å². The van der Waals surface area contributed by atoms with Gasteiger partial charge in [0.05, 0.1) is 11.1 Å². The van der Waals surface area contributed by atoms with Crippen LogP contribution in [0.4, 0.5) is 5.69 Å². The largest absolute Gasteiger partial charge is 0.301 e. The van der Waals surface area contributed by atoms with Crippen LogP contribution in [0.25, 0.3) is 11.5 Å². The molecule has 0 saturated carbocycles. The zero-order valence-electron chi connectivity index (χ0n) is 12.9. The van der Waals surface area contributed by atoms with Crippen LogP contribution in [0.15, 0.2) is 48.0 Å². The van der Waals surface area contributed by atoms with E-state index in [1.807, 2.05) is 11.5 Å². The number of nitro benzene ring substituents is 1. The topological polar surface area (TPSA) is 99.6 Å². The third kappa shape index (κ3) is 3.40. The van der Waals surface area contributed by atoms with Crippen LogP contribution in [-0.2, 0) is 12.3 Å². The Balaban J connectivity index is 1.76. The van der Waals surface area contributed by atoms with Crippen LogP contribution < -0.4 is 0 Å². The summed E-state index contributed by atoms with van der Waals surface area (Å²) < 4.78 is 1.97. The van der Waals surface area contributed by atoms with E-state index >= 15 is 0 Å². The highest BCUT2D eigenvalue weighted by Gasteiger charge is 2.14. The van der Waals surface area contributed by atoms with Crippen molar-refractivity contribution in [3.05, 3.63) is 58.5 Å². The molecule has 2 heterocycles. The number of benzene rings is 1. The molecule has 24 heavy (non-hydrogen) atoms. The van der Waals surface area contributed by atoms with Gasteiger partial charge < -0.3 is 4.57 Å². The van der Waals surface area contributed by atoms with E-state index in [1.165, 1.54) is 23.9 Å². The van der Waals surface area contributed by atoms with Gasteiger partial charge in [-0.3, -0.25) is 15.1 Å². The molecule has 8 nitrogen and oxygen atoms in total. The third-order valence-electron chi connectivity index (χ3n) is 3.34. The summed E-state index contributed by atoms with van der Waals surface area (Å²) in [6.45, 7) is 2.72. The van der Waals surface area contributed by atoms with Crippen LogP contribution in [-0.4, -0.2) is 29.7 Å². The Morgan fingerprint density at radius 2 is 2.00 bits per heavy atom. The fourth-order valence-electron chi connectivity index (χ4n) is 2.15. The zero-order chi connectivity index (χ0) is 16.9. The van der Waals surface area contributed by atoms with Gasteiger partial charge in [0.1, 0.15) is 5.69 Å². The molecule has 0 aliphatic heterocycles. The summed E-state index contributed by atoms with van der Waals surface area (Å²) in [6.07, 6.45) is 4.88. The molecule has 0 N–H and O–H groups in total. The first-order valence-corrected chi connectivity index (χ1v) is 8.23. The molecule has 122 valence electrons. The molecule has 3 rings (SSSR count). The van der Waals surface area contributed by atoms with Crippen LogP contribution in [0.1, 0.15) is 12.5 Å². The highest BCUT2D eigenvalue weighted by atomic mass is 32.2. The van der Waals surface area contributed by atoms with Crippen molar-refractivity contribution in [2.45, 2.75) is 24.4 Å². The Morgan fingerprint density at radius 1 is 1.21 bits per heavy atom. The van der Waals surface area contributed by atoms with Crippen LogP contribution in [0.2, 0.25) is 0 Å². The molecule has 0 amide bonds. The second kappa shape index (κ2) is 7.18. The van der Waals surface area contributed by atoms with E-state index in [1.54, 1.807) is 30.7 Å². The van der Waals surface area contributed by atoms with Gasteiger partial charge in [0, 0.05) is 36.8 Å². The van der Waals surface area contributed by atoms with Crippen LogP contribution >= 0.6 is 11.8 Å². The smallest absolute Gasteiger partial charge is 0.269 e. The number of rotatable bonds is 6. The maximum absolute atomic E-state index is 10.7. The Morgan fingerprint density at radius 3 is 2.62 bits per heavy atom. The second-order valence-corrected chi connectivity index (χ2v) is 5.80. The van der Waals surface area contributed by atoms with E-state index in [4.69, 9.17) is 0 Å². The first-order valence-electron chi connectivity index (χ1n) is 7.24. The van der Waals surface area contributed by atoms with E-state index < -0.39 is 4.92 Å². The maximum Gasteiger partial charge on any atom is 0.269 e. The SMILES string of the molecule is CCn1c(SCc2ccc([N+](=O)[O-])cc2)nnc1-c1cnccn1. The van der Waals surface area contributed by atoms with Crippen LogP contribution in [0, 0.1) is 10.1 Å². The van der Waals surface area contributed by atoms with Crippen LogP contribution in [0.5, 0.6) is 0 Å². The summed E-state index contributed by atoms with van der Waals surface area (Å²) in [5.41, 5.74) is 1.75. The number of nitro groups is 1. The molecule has 0 aliphatic carbocycles. The molecule has 0 atom stereocenters. The van der Waals surface area contributed by atoms with Gasteiger partial charge in [-0.2, -0.15) is 0 Å². The molecule has 0 aliphatic rings. The number of hydrogen-bond acceptors (Lipinski definition) is 7. The van der Waals surface area contributed by atoms with Gasteiger partial charge in [-0.25, -0.2) is 4.98 Å². The molecule has 2 aromatic heterocycles. The average Bonchev–Trinajstić information content (AvgIpc) is 3.04. The van der Waals surface area contributed by atoms with E-state index in [2.05, 4.69) is 20.2 Å². The summed E-state index contributed by atoms with van der Waals surface area (Å²) in [5, 5.41) is 19.9. The first-order chi connectivity index (χ1) is 11.7. The quantitative estimate of drug-likeness (QED) is 0.386. The summed E-state index contributed by atoms with van der Waals surface area (Å²) in [7, 11) is 0. The highest BCUT2D eigenvalue weighted by molar-refractivity contribution is 7.98. The molecule has 3 aromatic rings. The van der Waals surface area contributed by atoms with Gasteiger partial charge in [-0.05, 0) is 12.5 Å². The molecular weight excluding hydrogens is 328 g/mol. The van der Waals surface area contributed by atoms with Crippen molar-refractivity contribution in [2.24, 2.45) is 0 Å². The fourth-order valence-corrected chi connectivity index (χ4v) is 3.10. The van der Waals surface area contributed by atoms with Gasteiger partial charge >= 0.3 is 0 Å². The molecule has 0 bridgehead atoms. The van der Waals surface area contributed by atoms with Crippen molar-refractivity contribution in [2.75, 3.05) is 0 Å². The highest BCUT2D eigenvalue weighted by Crippen LogP contribution is 2.25. The van der Waals surface area contributed by atoms with Crippen molar-refractivity contribution in [1.29, 1.82) is 0 Å². The molecule has 0 fully saturated rings. The molecule has 0 saturated heterocycles. The van der Waals surface area contributed by atoms with E-state index in [-0.39, 0.29) is 5.69 Å². The van der Waals surface area contributed by atoms with Crippen molar-refractivity contribution < 1.29 is 4.92 Å². The predicted octanol–water partition coefficient (Wildman–Crippen LogP) is 2.96. The second-order valence-electron chi connectivity index (χ2n) is 4.85. The van der Waals surface area contributed by atoms with Gasteiger partial charge in [-0.1, -0.05) is 23.9 Å². The fraction of sp³-hybridized carbons (Fsp3) is 0.200.